The second-order valence-corrected chi connectivity index (χ2v) is 6.24. The molecule has 2 aliphatic carbocycles. The van der Waals surface area contributed by atoms with E-state index in [0.29, 0.717) is 0 Å². The number of thiophene rings is 1. The Bertz CT molecular complexity index is 758. The molecule has 2 aromatic rings. The lowest BCUT2D eigenvalue weighted by molar-refractivity contribution is 0.910. The van der Waals surface area contributed by atoms with Gasteiger partial charge in [-0.15, -0.1) is 11.3 Å². The standard InChI is InChI=1S/C17H16S/c1-2-7-12(6-1)13-9-5-10-15-14-8-3-4-11-16(14)18-17(13)15/h3-4,6,8,10-11H,1-2,5,7,9H2. The maximum absolute atomic E-state index is 2.47. The zero-order chi connectivity index (χ0) is 11.9. The van der Waals surface area contributed by atoms with E-state index in [1.54, 1.807) is 15.7 Å². The Labute approximate surface area is 111 Å². The second kappa shape index (κ2) is 4.10. The van der Waals surface area contributed by atoms with Gasteiger partial charge >= 0.3 is 0 Å². The van der Waals surface area contributed by atoms with Crippen LogP contribution in [0.15, 0.2) is 35.9 Å². The third kappa shape index (κ3) is 1.50. The topological polar surface area (TPSA) is 0 Å². The van der Waals surface area contributed by atoms with Crippen LogP contribution in [0.3, 0.4) is 0 Å². The Balaban J connectivity index is 2.12. The fraction of sp³-hybridized carbons (Fsp3) is 0.294. The molecule has 4 rings (SSSR count). The van der Waals surface area contributed by atoms with Crippen molar-refractivity contribution in [3.05, 3.63) is 45.7 Å². The third-order valence-electron chi connectivity index (χ3n) is 4.08. The van der Waals surface area contributed by atoms with Gasteiger partial charge in [0.2, 0.25) is 0 Å². The van der Waals surface area contributed by atoms with Crippen molar-refractivity contribution in [3.63, 3.8) is 0 Å². The molecule has 0 atom stereocenters. The highest BCUT2D eigenvalue weighted by atomic mass is 32.1. The molecule has 1 aromatic heterocycles. The molecule has 0 amide bonds. The molecular weight excluding hydrogens is 236 g/mol. The molecule has 0 N–H and O–H groups in total. The monoisotopic (exact) mass is 252 g/mol. The molecule has 0 saturated heterocycles. The van der Waals surface area contributed by atoms with Crippen molar-refractivity contribution in [1.29, 1.82) is 0 Å². The summed E-state index contributed by atoms with van der Waals surface area (Å²) in [4.78, 5) is 0. The van der Waals surface area contributed by atoms with Crippen LogP contribution < -0.4 is 9.75 Å². The minimum Gasteiger partial charge on any atom is -0.135 e. The summed E-state index contributed by atoms with van der Waals surface area (Å²) in [6, 6.07) is 8.84. The van der Waals surface area contributed by atoms with Gasteiger partial charge in [0.1, 0.15) is 0 Å². The highest BCUT2D eigenvalue weighted by Crippen LogP contribution is 2.29. The lowest BCUT2D eigenvalue weighted by Gasteiger charge is -2.09. The molecule has 0 spiro atoms. The van der Waals surface area contributed by atoms with Crippen LogP contribution in [0.1, 0.15) is 32.1 Å². The molecule has 0 unspecified atom stereocenters. The molecular formula is C17H16S. The van der Waals surface area contributed by atoms with Crippen LogP contribution in [0, 0.1) is 0 Å². The van der Waals surface area contributed by atoms with Crippen molar-refractivity contribution in [2.24, 2.45) is 0 Å². The zero-order valence-corrected chi connectivity index (χ0v) is 11.2. The Morgan fingerprint density at radius 1 is 0.944 bits per heavy atom. The van der Waals surface area contributed by atoms with Crippen molar-refractivity contribution in [3.8, 4) is 0 Å². The van der Waals surface area contributed by atoms with Gasteiger partial charge in [-0.1, -0.05) is 30.4 Å². The van der Waals surface area contributed by atoms with E-state index in [-0.39, 0.29) is 0 Å². The molecule has 0 bridgehead atoms. The zero-order valence-electron chi connectivity index (χ0n) is 10.4. The predicted octanol–water partition coefficient (Wildman–Crippen LogP) is 3.74. The first-order valence-corrected chi connectivity index (χ1v) is 7.65. The summed E-state index contributed by atoms with van der Waals surface area (Å²) in [5.41, 5.74) is 3.28. The van der Waals surface area contributed by atoms with Crippen LogP contribution in [-0.2, 0) is 0 Å². The first kappa shape index (κ1) is 10.6. The van der Waals surface area contributed by atoms with E-state index < -0.39 is 0 Å². The SMILES string of the molecule is C1=C(C2=c3sc4ccccc4c3=CCC2)CCC1. The van der Waals surface area contributed by atoms with Crippen LogP contribution in [0.2, 0.25) is 0 Å². The largest absolute Gasteiger partial charge is 0.135 e. The van der Waals surface area contributed by atoms with Crippen LogP contribution in [0.25, 0.3) is 21.7 Å². The number of allylic oxidation sites excluding steroid dienone is 2. The Hall–Kier alpha value is -1.34. The molecule has 1 aromatic carbocycles. The molecule has 0 nitrogen and oxygen atoms in total. The molecule has 0 aliphatic heterocycles. The lowest BCUT2D eigenvalue weighted by Crippen LogP contribution is -2.25. The van der Waals surface area contributed by atoms with Crippen LogP contribution in [-0.4, -0.2) is 0 Å². The molecule has 1 heterocycles. The van der Waals surface area contributed by atoms with E-state index in [9.17, 15) is 0 Å². The van der Waals surface area contributed by atoms with Crippen LogP contribution in [0.5, 0.6) is 0 Å². The molecule has 2 aliphatic rings. The first-order chi connectivity index (χ1) is 8.93. The van der Waals surface area contributed by atoms with Crippen LogP contribution >= 0.6 is 11.3 Å². The van der Waals surface area contributed by atoms with Crippen molar-refractivity contribution in [2.45, 2.75) is 32.1 Å². The van der Waals surface area contributed by atoms with Gasteiger partial charge in [0.05, 0.1) is 0 Å². The van der Waals surface area contributed by atoms with Gasteiger partial charge in [0, 0.05) is 9.23 Å². The predicted molar refractivity (Wildman–Crippen MR) is 80.1 cm³/mol. The summed E-state index contributed by atoms with van der Waals surface area (Å²) >= 11 is 1.99. The summed E-state index contributed by atoms with van der Waals surface area (Å²) in [7, 11) is 0. The number of rotatable bonds is 1. The van der Waals surface area contributed by atoms with E-state index in [1.807, 2.05) is 11.3 Å². The smallest absolute Gasteiger partial charge is 0.0386 e. The number of hydrogen-bond acceptors (Lipinski definition) is 1. The maximum Gasteiger partial charge on any atom is 0.0386 e. The highest BCUT2D eigenvalue weighted by Gasteiger charge is 2.15. The quantitative estimate of drug-likeness (QED) is 0.725. The van der Waals surface area contributed by atoms with Gasteiger partial charge in [0.25, 0.3) is 0 Å². The molecule has 0 saturated carbocycles. The average molecular weight is 252 g/mol. The van der Waals surface area contributed by atoms with E-state index >= 15 is 0 Å². The van der Waals surface area contributed by atoms with Crippen molar-refractivity contribution in [2.75, 3.05) is 0 Å². The average Bonchev–Trinajstić information content (AvgIpc) is 3.05. The van der Waals surface area contributed by atoms with Gasteiger partial charge in [-0.05, 0) is 59.9 Å². The number of benzene rings is 1. The van der Waals surface area contributed by atoms with E-state index in [0.717, 1.165) is 0 Å². The summed E-state index contributed by atoms with van der Waals surface area (Å²) in [6.45, 7) is 0. The molecule has 1 heteroatoms. The van der Waals surface area contributed by atoms with Crippen molar-refractivity contribution in [1.82, 2.24) is 0 Å². The van der Waals surface area contributed by atoms with Crippen LogP contribution in [0.4, 0.5) is 0 Å². The van der Waals surface area contributed by atoms with Crippen molar-refractivity contribution < 1.29 is 0 Å². The highest BCUT2D eigenvalue weighted by molar-refractivity contribution is 7.17. The normalized spacial score (nSPS) is 18.7. The van der Waals surface area contributed by atoms with E-state index in [4.69, 9.17) is 0 Å². The van der Waals surface area contributed by atoms with Gasteiger partial charge in [-0.3, -0.25) is 0 Å². The minimum atomic E-state index is 1.21. The first-order valence-electron chi connectivity index (χ1n) is 6.84. The molecule has 18 heavy (non-hydrogen) atoms. The summed E-state index contributed by atoms with van der Waals surface area (Å²) in [5, 5.41) is 2.96. The Morgan fingerprint density at radius 3 is 2.78 bits per heavy atom. The van der Waals surface area contributed by atoms with E-state index in [2.05, 4.69) is 36.4 Å². The molecule has 90 valence electrons. The fourth-order valence-electron chi connectivity index (χ4n) is 3.22. The third-order valence-corrected chi connectivity index (χ3v) is 5.33. The lowest BCUT2D eigenvalue weighted by atomic mass is 9.96. The summed E-state index contributed by atoms with van der Waals surface area (Å²) < 4.78 is 2.99. The summed E-state index contributed by atoms with van der Waals surface area (Å²) in [5.74, 6) is 0. The van der Waals surface area contributed by atoms with E-state index in [1.165, 1.54) is 47.4 Å². The number of hydrogen-bond donors (Lipinski definition) is 0. The minimum absolute atomic E-state index is 1.21. The van der Waals surface area contributed by atoms with Gasteiger partial charge < -0.3 is 0 Å². The second-order valence-electron chi connectivity index (χ2n) is 5.18. The molecule has 0 fully saturated rings. The van der Waals surface area contributed by atoms with Gasteiger partial charge in [-0.2, -0.15) is 0 Å². The number of fused-ring (bicyclic) bond motifs is 3. The van der Waals surface area contributed by atoms with Gasteiger partial charge in [-0.25, -0.2) is 0 Å². The Kier molecular flexibility index (Phi) is 2.41. The van der Waals surface area contributed by atoms with Gasteiger partial charge in [0.15, 0.2) is 0 Å². The molecule has 0 radical (unpaired) electrons. The Morgan fingerprint density at radius 2 is 1.89 bits per heavy atom. The fourth-order valence-corrected chi connectivity index (χ4v) is 4.53. The van der Waals surface area contributed by atoms with Crippen molar-refractivity contribution >= 4 is 33.1 Å². The summed E-state index contributed by atoms with van der Waals surface area (Å²) in [6.07, 6.45) is 11.3. The maximum atomic E-state index is 2.47.